The van der Waals surface area contributed by atoms with E-state index in [1.807, 2.05) is 6.92 Å². The van der Waals surface area contributed by atoms with Gasteiger partial charge in [-0.15, -0.1) is 10.2 Å². The lowest BCUT2D eigenvalue weighted by molar-refractivity contribution is 0.641. The number of benzene rings is 1. The summed E-state index contributed by atoms with van der Waals surface area (Å²) in [6.45, 7) is 6.22. The number of aryl methyl sites for hydroxylation is 2. The van der Waals surface area contributed by atoms with Gasteiger partial charge in [0.05, 0.1) is 0 Å². The number of rotatable bonds is 5. The van der Waals surface area contributed by atoms with Crippen LogP contribution in [0.5, 0.6) is 0 Å². The maximum atomic E-state index is 6.09. The third-order valence-corrected chi connectivity index (χ3v) is 4.94. The normalized spacial score (nSPS) is 12.6. The molecule has 0 bridgehead atoms. The summed E-state index contributed by atoms with van der Waals surface area (Å²) in [6, 6.07) is 6.74. The quantitative estimate of drug-likeness (QED) is 0.915. The van der Waals surface area contributed by atoms with Crippen LogP contribution in [0, 0.1) is 13.8 Å². The number of nitrogens with zero attached hydrogens (tertiary/aromatic N) is 2. The van der Waals surface area contributed by atoms with E-state index >= 15 is 0 Å². The summed E-state index contributed by atoms with van der Waals surface area (Å²) in [4.78, 5) is 1.24. The maximum absolute atomic E-state index is 6.09. The van der Waals surface area contributed by atoms with Gasteiger partial charge >= 0.3 is 0 Å². The molecule has 5 heteroatoms. The van der Waals surface area contributed by atoms with Crippen LogP contribution < -0.4 is 5.73 Å². The van der Waals surface area contributed by atoms with Crippen molar-refractivity contribution < 1.29 is 0 Å². The molecule has 2 aromatic rings. The lowest BCUT2D eigenvalue weighted by Gasteiger charge is -2.13. The van der Waals surface area contributed by atoms with E-state index in [4.69, 9.17) is 5.73 Å². The summed E-state index contributed by atoms with van der Waals surface area (Å²) >= 11 is 3.32. The highest BCUT2D eigenvalue weighted by atomic mass is 32.2. The minimum atomic E-state index is 0.220. The highest BCUT2D eigenvalue weighted by Crippen LogP contribution is 2.33. The van der Waals surface area contributed by atoms with Crippen molar-refractivity contribution in [3.05, 3.63) is 34.3 Å². The van der Waals surface area contributed by atoms with Gasteiger partial charge in [0.1, 0.15) is 5.01 Å². The van der Waals surface area contributed by atoms with Gasteiger partial charge in [0.15, 0.2) is 4.34 Å². The molecule has 0 aliphatic carbocycles. The summed E-state index contributed by atoms with van der Waals surface area (Å²) in [5.74, 6) is 0. The zero-order chi connectivity index (χ0) is 13.8. The van der Waals surface area contributed by atoms with Gasteiger partial charge in [-0.3, -0.25) is 0 Å². The Hall–Kier alpha value is -0.910. The molecular weight excluding hydrogens is 274 g/mol. The first-order valence-corrected chi connectivity index (χ1v) is 8.05. The Morgan fingerprint density at radius 3 is 2.74 bits per heavy atom. The van der Waals surface area contributed by atoms with E-state index in [0.29, 0.717) is 0 Å². The first-order valence-electron chi connectivity index (χ1n) is 6.41. The predicted octanol–water partition coefficient (Wildman–Crippen LogP) is 3.59. The molecule has 2 N–H and O–H groups in total. The molecule has 1 aromatic heterocycles. The number of aromatic nitrogens is 2. The molecule has 1 heterocycles. The van der Waals surface area contributed by atoms with Gasteiger partial charge in [0, 0.05) is 10.9 Å². The molecule has 1 atom stereocenters. The molecule has 0 saturated carbocycles. The molecule has 0 spiro atoms. The minimum absolute atomic E-state index is 0.220. The van der Waals surface area contributed by atoms with Crippen LogP contribution in [0.4, 0.5) is 0 Å². The average molecular weight is 293 g/mol. The van der Waals surface area contributed by atoms with E-state index in [9.17, 15) is 0 Å². The van der Waals surface area contributed by atoms with Crippen molar-refractivity contribution in [2.45, 2.75) is 48.9 Å². The topological polar surface area (TPSA) is 51.8 Å². The monoisotopic (exact) mass is 293 g/mol. The van der Waals surface area contributed by atoms with Crippen LogP contribution in [0.2, 0.25) is 0 Å². The zero-order valence-electron chi connectivity index (χ0n) is 11.5. The molecule has 0 amide bonds. The zero-order valence-corrected chi connectivity index (χ0v) is 13.1. The lowest BCUT2D eigenvalue weighted by Crippen LogP contribution is -2.21. The third kappa shape index (κ3) is 4.03. The second-order valence-electron chi connectivity index (χ2n) is 4.67. The van der Waals surface area contributed by atoms with E-state index in [1.54, 1.807) is 23.1 Å². The van der Waals surface area contributed by atoms with Crippen molar-refractivity contribution in [3.63, 3.8) is 0 Å². The van der Waals surface area contributed by atoms with E-state index in [-0.39, 0.29) is 6.04 Å². The molecule has 0 saturated heterocycles. The third-order valence-electron chi connectivity index (χ3n) is 2.93. The Morgan fingerprint density at radius 2 is 2.11 bits per heavy atom. The number of hydrogen-bond donors (Lipinski definition) is 1. The van der Waals surface area contributed by atoms with Crippen molar-refractivity contribution in [1.29, 1.82) is 0 Å². The second-order valence-corrected chi connectivity index (χ2v) is 7.14. The van der Waals surface area contributed by atoms with Crippen molar-refractivity contribution in [3.8, 4) is 0 Å². The molecule has 0 aliphatic heterocycles. The van der Waals surface area contributed by atoms with Crippen LogP contribution in [0.25, 0.3) is 0 Å². The van der Waals surface area contributed by atoms with Crippen molar-refractivity contribution in [1.82, 2.24) is 10.2 Å². The van der Waals surface area contributed by atoms with Crippen LogP contribution in [0.1, 0.15) is 29.5 Å². The smallest absolute Gasteiger partial charge is 0.179 e. The molecule has 3 nitrogen and oxygen atoms in total. The van der Waals surface area contributed by atoms with Crippen molar-refractivity contribution in [2.24, 2.45) is 5.73 Å². The maximum Gasteiger partial charge on any atom is 0.179 e. The number of nitrogens with two attached hydrogens (primary N) is 1. The fourth-order valence-electron chi connectivity index (χ4n) is 1.81. The van der Waals surface area contributed by atoms with Crippen LogP contribution in [0.15, 0.2) is 27.4 Å². The Labute approximate surface area is 122 Å². The van der Waals surface area contributed by atoms with E-state index < -0.39 is 0 Å². The first-order chi connectivity index (χ1) is 9.08. The Morgan fingerprint density at radius 1 is 1.32 bits per heavy atom. The minimum Gasteiger partial charge on any atom is -0.327 e. The van der Waals surface area contributed by atoms with Gasteiger partial charge in [0.25, 0.3) is 0 Å². The Balaban J connectivity index is 2.23. The van der Waals surface area contributed by atoms with Gasteiger partial charge in [-0.1, -0.05) is 47.7 Å². The average Bonchev–Trinajstić information content (AvgIpc) is 2.78. The first kappa shape index (κ1) is 14.5. The summed E-state index contributed by atoms with van der Waals surface area (Å²) in [6.07, 6.45) is 1.91. The molecule has 0 aliphatic rings. The fraction of sp³-hybridized carbons (Fsp3) is 0.429. The van der Waals surface area contributed by atoms with Crippen LogP contribution in [-0.4, -0.2) is 16.2 Å². The van der Waals surface area contributed by atoms with Gasteiger partial charge < -0.3 is 5.73 Å². The van der Waals surface area contributed by atoms with Gasteiger partial charge in [0.2, 0.25) is 0 Å². The van der Waals surface area contributed by atoms with Gasteiger partial charge in [-0.05, 0) is 38.3 Å². The molecular formula is C14H19N3S2. The highest BCUT2D eigenvalue weighted by Gasteiger charge is 2.11. The fourth-order valence-corrected chi connectivity index (χ4v) is 3.70. The Kier molecular flexibility index (Phi) is 4.96. The second kappa shape index (κ2) is 6.50. The molecule has 1 unspecified atom stereocenters. The lowest BCUT2D eigenvalue weighted by atomic mass is 10.0. The molecule has 0 fully saturated rings. The van der Waals surface area contributed by atoms with E-state index in [2.05, 4.69) is 42.2 Å². The van der Waals surface area contributed by atoms with Gasteiger partial charge in [-0.25, -0.2) is 0 Å². The summed E-state index contributed by atoms with van der Waals surface area (Å²) in [7, 11) is 0. The summed E-state index contributed by atoms with van der Waals surface area (Å²) < 4.78 is 0.993. The van der Waals surface area contributed by atoms with Crippen LogP contribution >= 0.6 is 23.1 Å². The van der Waals surface area contributed by atoms with E-state index in [0.717, 1.165) is 22.2 Å². The molecule has 102 valence electrons. The van der Waals surface area contributed by atoms with Crippen molar-refractivity contribution >= 4 is 23.1 Å². The van der Waals surface area contributed by atoms with Crippen LogP contribution in [-0.2, 0) is 6.42 Å². The SMILES string of the molecule is CCC(N)Cc1cc(C)ccc1Sc1nnc(C)s1. The molecule has 2 rings (SSSR count). The highest BCUT2D eigenvalue weighted by molar-refractivity contribution is 8.01. The largest absolute Gasteiger partial charge is 0.327 e. The van der Waals surface area contributed by atoms with Gasteiger partial charge in [-0.2, -0.15) is 0 Å². The predicted molar refractivity (Wildman–Crippen MR) is 81.9 cm³/mol. The van der Waals surface area contributed by atoms with E-state index in [1.165, 1.54) is 16.0 Å². The standard InChI is InChI=1S/C14H19N3S2/c1-4-12(15)8-11-7-9(2)5-6-13(11)19-14-17-16-10(3)18-14/h5-7,12H,4,8,15H2,1-3H3. The summed E-state index contributed by atoms with van der Waals surface area (Å²) in [5, 5.41) is 9.24. The molecule has 1 aromatic carbocycles. The Bertz CT molecular complexity index is 551. The van der Waals surface area contributed by atoms with Crippen LogP contribution in [0.3, 0.4) is 0 Å². The number of hydrogen-bond acceptors (Lipinski definition) is 5. The molecule has 0 radical (unpaired) electrons. The van der Waals surface area contributed by atoms with Crippen molar-refractivity contribution in [2.75, 3.05) is 0 Å². The summed E-state index contributed by atoms with van der Waals surface area (Å²) in [5.41, 5.74) is 8.67. The molecule has 19 heavy (non-hydrogen) atoms.